The minimum atomic E-state index is -0.243. The molecule has 1 N–H and O–H groups in total. The van der Waals surface area contributed by atoms with Crippen LogP contribution < -0.4 is 10.1 Å². The van der Waals surface area contributed by atoms with Crippen molar-refractivity contribution >= 4 is 28.9 Å². The second kappa shape index (κ2) is 6.54. The highest BCUT2D eigenvalue weighted by atomic mass is 32.2. The van der Waals surface area contributed by atoms with Gasteiger partial charge in [0.25, 0.3) is 0 Å². The van der Waals surface area contributed by atoms with Gasteiger partial charge in [-0.3, -0.25) is 9.79 Å². The van der Waals surface area contributed by atoms with Crippen molar-refractivity contribution in [2.45, 2.75) is 13.0 Å². The molecule has 1 atom stereocenters. The van der Waals surface area contributed by atoms with Crippen molar-refractivity contribution < 1.29 is 14.3 Å². The molecule has 116 valence electrons. The molecule has 0 saturated carbocycles. The Morgan fingerprint density at radius 1 is 1.36 bits per heavy atom. The molecular formula is C16H18N2O3S. The molecule has 2 aliphatic rings. The zero-order valence-corrected chi connectivity index (χ0v) is 13.4. The van der Waals surface area contributed by atoms with Gasteiger partial charge < -0.3 is 14.8 Å². The molecule has 6 heteroatoms. The molecule has 0 saturated heterocycles. The molecule has 2 aliphatic heterocycles. The molecule has 3 rings (SSSR count). The minimum Gasteiger partial charge on any atom is -0.497 e. The first-order valence-electron chi connectivity index (χ1n) is 7.09. The third-order valence-electron chi connectivity index (χ3n) is 3.57. The third-order valence-corrected chi connectivity index (χ3v) is 4.83. The van der Waals surface area contributed by atoms with Crippen molar-refractivity contribution in [2.24, 2.45) is 4.99 Å². The molecule has 22 heavy (non-hydrogen) atoms. The van der Waals surface area contributed by atoms with Crippen LogP contribution in [0.5, 0.6) is 5.75 Å². The Balaban J connectivity index is 1.83. The van der Waals surface area contributed by atoms with E-state index < -0.39 is 0 Å². The average molecular weight is 318 g/mol. The number of Topliss-reactive ketones (excluding diaryl/α,β-unsaturated/α-hetero) is 1. The van der Waals surface area contributed by atoms with Gasteiger partial charge in [0.2, 0.25) is 0 Å². The summed E-state index contributed by atoms with van der Waals surface area (Å²) in [7, 11) is 1.65. The first kappa shape index (κ1) is 15.1. The van der Waals surface area contributed by atoms with Gasteiger partial charge in [-0.05, 0) is 31.2 Å². The SMILES string of the molecule is COc1ccc(NC2=C3SCC(C(C)=O)N=C3COC2)cc1. The van der Waals surface area contributed by atoms with E-state index in [1.165, 1.54) is 0 Å². The Morgan fingerprint density at radius 3 is 2.82 bits per heavy atom. The van der Waals surface area contributed by atoms with E-state index in [1.807, 2.05) is 24.3 Å². The summed E-state index contributed by atoms with van der Waals surface area (Å²) < 4.78 is 10.8. The molecule has 2 heterocycles. The smallest absolute Gasteiger partial charge is 0.155 e. The fourth-order valence-corrected chi connectivity index (χ4v) is 3.55. The zero-order valence-electron chi connectivity index (χ0n) is 12.6. The fourth-order valence-electron chi connectivity index (χ4n) is 2.36. The van der Waals surface area contributed by atoms with Crippen LogP contribution in [0.25, 0.3) is 0 Å². The van der Waals surface area contributed by atoms with Crippen molar-refractivity contribution in [3.63, 3.8) is 0 Å². The number of nitrogens with one attached hydrogen (secondary N) is 1. The Bertz CT molecular complexity index is 637. The van der Waals surface area contributed by atoms with Crippen LogP contribution >= 0.6 is 11.8 Å². The summed E-state index contributed by atoms with van der Waals surface area (Å²) in [4.78, 5) is 17.1. The number of rotatable bonds is 4. The number of carbonyl (C=O) groups is 1. The number of fused-ring (bicyclic) bond motifs is 1. The maximum absolute atomic E-state index is 11.5. The molecule has 5 nitrogen and oxygen atoms in total. The molecule has 0 fully saturated rings. The number of thioether (sulfide) groups is 1. The van der Waals surface area contributed by atoms with E-state index in [-0.39, 0.29) is 11.8 Å². The van der Waals surface area contributed by atoms with Gasteiger partial charge in [-0.1, -0.05) is 0 Å². The van der Waals surface area contributed by atoms with E-state index >= 15 is 0 Å². The van der Waals surface area contributed by atoms with Gasteiger partial charge >= 0.3 is 0 Å². The summed E-state index contributed by atoms with van der Waals surface area (Å²) in [6, 6.07) is 7.50. The zero-order chi connectivity index (χ0) is 15.5. The minimum absolute atomic E-state index is 0.106. The largest absolute Gasteiger partial charge is 0.497 e. The molecule has 1 unspecified atom stereocenters. The summed E-state index contributed by atoms with van der Waals surface area (Å²) in [5, 5.41) is 3.39. The third kappa shape index (κ3) is 3.18. The van der Waals surface area contributed by atoms with Crippen LogP contribution in [0.4, 0.5) is 5.69 Å². The number of anilines is 1. The number of aliphatic imine (C=N–C) groups is 1. The predicted molar refractivity (Wildman–Crippen MR) is 88.8 cm³/mol. The van der Waals surface area contributed by atoms with Crippen molar-refractivity contribution in [1.29, 1.82) is 0 Å². The number of methoxy groups -OCH3 is 1. The highest BCUT2D eigenvalue weighted by Crippen LogP contribution is 2.32. The highest BCUT2D eigenvalue weighted by Gasteiger charge is 2.28. The number of hydrogen-bond acceptors (Lipinski definition) is 6. The predicted octanol–water partition coefficient (Wildman–Crippen LogP) is 2.49. The Morgan fingerprint density at radius 2 is 2.14 bits per heavy atom. The normalized spacial score (nSPS) is 21.0. The Kier molecular flexibility index (Phi) is 4.49. The highest BCUT2D eigenvalue weighted by molar-refractivity contribution is 8.04. The molecule has 1 aromatic rings. The number of ether oxygens (including phenoxy) is 2. The number of carbonyl (C=O) groups excluding carboxylic acids is 1. The quantitative estimate of drug-likeness (QED) is 0.924. The van der Waals surface area contributed by atoms with Gasteiger partial charge in [0.1, 0.15) is 11.8 Å². The van der Waals surface area contributed by atoms with Crippen LogP contribution in [0.1, 0.15) is 6.92 Å². The first-order chi connectivity index (χ1) is 10.7. The maximum atomic E-state index is 11.5. The lowest BCUT2D eigenvalue weighted by Crippen LogP contribution is -2.32. The summed E-state index contributed by atoms with van der Waals surface area (Å²) in [5.74, 6) is 1.62. The molecule has 0 aliphatic carbocycles. The average Bonchev–Trinajstić information content (AvgIpc) is 2.55. The van der Waals surface area contributed by atoms with Crippen molar-refractivity contribution in [3.05, 3.63) is 34.9 Å². The summed E-state index contributed by atoms with van der Waals surface area (Å²) in [6.07, 6.45) is 0. The van der Waals surface area contributed by atoms with Crippen LogP contribution in [-0.2, 0) is 9.53 Å². The Hall–Kier alpha value is -1.79. The second-order valence-corrected chi connectivity index (χ2v) is 6.20. The summed E-state index contributed by atoms with van der Waals surface area (Å²) >= 11 is 1.68. The van der Waals surface area contributed by atoms with E-state index in [9.17, 15) is 4.79 Å². The fraction of sp³-hybridized carbons (Fsp3) is 0.375. The molecule has 0 bridgehead atoms. The van der Waals surface area contributed by atoms with Crippen LogP contribution in [-0.4, -0.2) is 43.6 Å². The topological polar surface area (TPSA) is 59.9 Å². The van der Waals surface area contributed by atoms with Gasteiger partial charge in [-0.15, -0.1) is 11.8 Å². The van der Waals surface area contributed by atoms with Gasteiger partial charge in [-0.25, -0.2) is 0 Å². The number of nitrogens with zero attached hydrogens (tertiary/aromatic N) is 1. The molecule has 0 spiro atoms. The standard InChI is InChI=1S/C16H18N2O3S/c1-10(19)15-9-22-16-13(7-21-8-14(16)18-15)17-11-3-5-12(20-2)6-4-11/h3-6,15,17H,7-9H2,1-2H3. The lowest BCUT2D eigenvalue weighted by Gasteiger charge is -2.28. The van der Waals surface area contributed by atoms with Crippen LogP contribution in [0.2, 0.25) is 0 Å². The van der Waals surface area contributed by atoms with Crippen molar-refractivity contribution in [1.82, 2.24) is 0 Å². The molecule has 0 radical (unpaired) electrons. The van der Waals surface area contributed by atoms with Gasteiger partial charge in [0.15, 0.2) is 5.78 Å². The molecule has 0 aromatic heterocycles. The summed E-state index contributed by atoms with van der Waals surface area (Å²) in [5.41, 5.74) is 2.85. The van der Waals surface area contributed by atoms with Gasteiger partial charge in [-0.2, -0.15) is 0 Å². The molecular weight excluding hydrogens is 300 g/mol. The van der Waals surface area contributed by atoms with E-state index in [0.717, 1.165) is 27.8 Å². The maximum Gasteiger partial charge on any atom is 0.155 e. The first-order valence-corrected chi connectivity index (χ1v) is 8.08. The van der Waals surface area contributed by atoms with E-state index in [2.05, 4.69) is 10.3 Å². The van der Waals surface area contributed by atoms with Gasteiger partial charge in [0.05, 0.1) is 36.6 Å². The molecule has 0 amide bonds. The van der Waals surface area contributed by atoms with Crippen LogP contribution in [0, 0.1) is 0 Å². The van der Waals surface area contributed by atoms with Crippen LogP contribution in [0.15, 0.2) is 39.9 Å². The van der Waals surface area contributed by atoms with Crippen molar-refractivity contribution in [2.75, 3.05) is 31.4 Å². The van der Waals surface area contributed by atoms with E-state index in [0.29, 0.717) is 19.0 Å². The van der Waals surface area contributed by atoms with Gasteiger partial charge in [0, 0.05) is 11.4 Å². The lowest BCUT2D eigenvalue weighted by molar-refractivity contribution is -0.117. The number of ketones is 1. The lowest BCUT2D eigenvalue weighted by atomic mass is 10.2. The monoisotopic (exact) mass is 318 g/mol. The van der Waals surface area contributed by atoms with Crippen molar-refractivity contribution in [3.8, 4) is 5.75 Å². The number of benzene rings is 1. The second-order valence-electron chi connectivity index (χ2n) is 5.17. The molecule has 1 aromatic carbocycles. The van der Waals surface area contributed by atoms with E-state index in [1.54, 1.807) is 25.8 Å². The Labute approximate surface area is 133 Å². The van der Waals surface area contributed by atoms with E-state index in [4.69, 9.17) is 9.47 Å². The van der Waals surface area contributed by atoms with Crippen LogP contribution in [0.3, 0.4) is 0 Å². The summed E-state index contributed by atoms with van der Waals surface area (Å²) in [6.45, 7) is 2.59. The number of hydrogen-bond donors (Lipinski definition) is 1.